The molecule has 3 rings (SSSR count). The summed E-state index contributed by atoms with van der Waals surface area (Å²) < 4.78 is 13.7. The molecule has 0 bridgehead atoms. The third kappa shape index (κ3) is 2.89. The quantitative estimate of drug-likeness (QED) is 0.933. The van der Waals surface area contributed by atoms with Crippen molar-refractivity contribution in [3.05, 3.63) is 63.9 Å². The molecule has 0 radical (unpaired) electrons. The third-order valence-electron chi connectivity index (χ3n) is 4.04. The average molecular weight is 306 g/mol. The van der Waals surface area contributed by atoms with Gasteiger partial charge >= 0.3 is 0 Å². The highest BCUT2D eigenvalue weighted by Crippen LogP contribution is 2.30. The second kappa shape index (κ2) is 5.66. The maximum absolute atomic E-state index is 13.7. The normalized spacial score (nSPS) is 15.1. The Hall–Kier alpha value is -1.58. The van der Waals surface area contributed by atoms with Crippen molar-refractivity contribution in [2.24, 2.45) is 0 Å². The van der Waals surface area contributed by atoms with Crippen LogP contribution in [0.5, 0.6) is 0 Å². The fraction of sp³-hybridized carbons (Fsp3) is 0.294. The number of hydrogen-bond donors (Lipinski definition) is 1. The van der Waals surface area contributed by atoms with Gasteiger partial charge in [-0.05, 0) is 47.4 Å². The maximum atomic E-state index is 13.7. The highest BCUT2D eigenvalue weighted by molar-refractivity contribution is 6.30. The van der Waals surface area contributed by atoms with Crippen molar-refractivity contribution >= 4 is 17.3 Å². The number of benzene rings is 2. The molecule has 0 amide bonds. The number of fused-ring (bicyclic) bond motifs is 1. The molecule has 21 heavy (non-hydrogen) atoms. The molecule has 4 heteroatoms. The molecular formula is C17H17ClFNO. The van der Waals surface area contributed by atoms with Crippen molar-refractivity contribution in [1.29, 1.82) is 0 Å². The smallest absolute Gasteiger partial charge is 0.126 e. The molecule has 1 unspecified atom stereocenters. The van der Waals surface area contributed by atoms with Gasteiger partial charge in [0.25, 0.3) is 0 Å². The van der Waals surface area contributed by atoms with Gasteiger partial charge in [0.1, 0.15) is 5.82 Å². The Labute approximate surface area is 128 Å². The van der Waals surface area contributed by atoms with Crippen molar-refractivity contribution in [2.45, 2.75) is 18.9 Å². The fourth-order valence-corrected chi connectivity index (χ4v) is 3.01. The minimum Gasteiger partial charge on any atom is -0.388 e. The van der Waals surface area contributed by atoms with Crippen LogP contribution < -0.4 is 4.90 Å². The lowest BCUT2D eigenvalue weighted by atomic mass is 9.98. The standard InChI is InChI=1S/C17H17ClFNO/c1-20-7-6-11-8-12(2-5-16(11)20)17(21)10-13-9-14(18)3-4-15(13)19/h2-5,8-9,17,21H,6-7,10H2,1H3. The van der Waals surface area contributed by atoms with Gasteiger partial charge in [-0.25, -0.2) is 4.39 Å². The zero-order valence-corrected chi connectivity index (χ0v) is 12.6. The van der Waals surface area contributed by atoms with E-state index in [9.17, 15) is 9.50 Å². The van der Waals surface area contributed by atoms with E-state index in [1.807, 2.05) is 18.2 Å². The Kier molecular flexibility index (Phi) is 3.87. The van der Waals surface area contributed by atoms with E-state index in [-0.39, 0.29) is 12.2 Å². The van der Waals surface area contributed by atoms with E-state index in [0.717, 1.165) is 18.5 Å². The van der Waals surface area contributed by atoms with Gasteiger partial charge in [0.2, 0.25) is 0 Å². The summed E-state index contributed by atoms with van der Waals surface area (Å²) in [5.74, 6) is -0.334. The van der Waals surface area contributed by atoms with Crippen LogP contribution in [0.15, 0.2) is 36.4 Å². The SMILES string of the molecule is CN1CCc2cc(C(O)Cc3cc(Cl)ccc3F)ccc21. The van der Waals surface area contributed by atoms with E-state index in [1.54, 1.807) is 6.07 Å². The van der Waals surface area contributed by atoms with Gasteiger partial charge < -0.3 is 10.0 Å². The second-order valence-corrected chi connectivity index (χ2v) is 5.95. The first kappa shape index (κ1) is 14.4. The van der Waals surface area contributed by atoms with Crippen LogP contribution in [0.1, 0.15) is 22.8 Å². The fourth-order valence-electron chi connectivity index (χ4n) is 2.82. The van der Waals surface area contributed by atoms with Crippen LogP contribution in [-0.4, -0.2) is 18.7 Å². The Morgan fingerprint density at radius 3 is 2.90 bits per heavy atom. The summed E-state index contributed by atoms with van der Waals surface area (Å²) in [7, 11) is 2.06. The number of aliphatic hydroxyl groups is 1. The van der Waals surface area contributed by atoms with E-state index in [0.29, 0.717) is 10.6 Å². The molecule has 0 saturated carbocycles. The summed E-state index contributed by atoms with van der Waals surface area (Å²) in [5, 5.41) is 10.8. The molecule has 1 aliphatic heterocycles. The van der Waals surface area contributed by atoms with Gasteiger partial charge in [0.15, 0.2) is 0 Å². The molecular weight excluding hydrogens is 289 g/mol. The van der Waals surface area contributed by atoms with E-state index in [2.05, 4.69) is 11.9 Å². The molecule has 0 aromatic heterocycles. The van der Waals surface area contributed by atoms with Gasteiger partial charge in [-0.1, -0.05) is 23.7 Å². The van der Waals surface area contributed by atoms with Gasteiger partial charge in [-0.3, -0.25) is 0 Å². The topological polar surface area (TPSA) is 23.5 Å². The van der Waals surface area contributed by atoms with Crippen molar-refractivity contribution < 1.29 is 9.50 Å². The number of anilines is 1. The summed E-state index contributed by atoms with van der Waals surface area (Å²) in [5.41, 5.74) is 3.71. The molecule has 1 atom stereocenters. The molecule has 0 saturated heterocycles. The minimum atomic E-state index is -0.728. The zero-order chi connectivity index (χ0) is 15.0. The molecule has 0 fully saturated rings. The van der Waals surface area contributed by atoms with Crippen LogP contribution in [0.4, 0.5) is 10.1 Å². The lowest BCUT2D eigenvalue weighted by Crippen LogP contribution is -2.12. The minimum absolute atomic E-state index is 0.223. The van der Waals surface area contributed by atoms with Crippen LogP contribution in [0.3, 0.4) is 0 Å². The lowest BCUT2D eigenvalue weighted by molar-refractivity contribution is 0.177. The van der Waals surface area contributed by atoms with Crippen LogP contribution in [0, 0.1) is 5.82 Å². The molecule has 1 aliphatic rings. The lowest BCUT2D eigenvalue weighted by Gasteiger charge is -2.15. The predicted molar refractivity (Wildman–Crippen MR) is 83.5 cm³/mol. The van der Waals surface area contributed by atoms with E-state index in [1.165, 1.54) is 23.4 Å². The van der Waals surface area contributed by atoms with Gasteiger partial charge in [0.05, 0.1) is 6.10 Å². The van der Waals surface area contributed by atoms with Crippen LogP contribution >= 0.6 is 11.6 Å². The summed E-state index contributed by atoms with van der Waals surface area (Å²) in [6.45, 7) is 0.998. The zero-order valence-electron chi connectivity index (χ0n) is 11.8. The summed E-state index contributed by atoms with van der Waals surface area (Å²) >= 11 is 5.89. The Balaban J connectivity index is 1.82. The molecule has 1 N–H and O–H groups in total. The van der Waals surface area contributed by atoms with E-state index < -0.39 is 6.10 Å². The Bertz CT molecular complexity index is 674. The van der Waals surface area contributed by atoms with Gasteiger partial charge in [0, 0.05) is 30.7 Å². The van der Waals surface area contributed by atoms with Crippen LogP contribution in [0.2, 0.25) is 5.02 Å². The molecule has 0 spiro atoms. The van der Waals surface area contributed by atoms with Crippen LogP contribution in [-0.2, 0) is 12.8 Å². The summed E-state index contributed by atoms with van der Waals surface area (Å²) in [4.78, 5) is 2.20. The molecule has 2 nitrogen and oxygen atoms in total. The first-order valence-corrected chi connectivity index (χ1v) is 7.38. The number of rotatable bonds is 3. The van der Waals surface area contributed by atoms with Crippen molar-refractivity contribution in [3.63, 3.8) is 0 Å². The number of nitrogens with zero attached hydrogens (tertiary/aromatic N) is 1. The first-order chi connectivity index (χ1) is 10.0. The molecule has 2 aromatic rings. The molecule has 0 aliphatic carbocycles. The van der Waals surface area contributed by atoms with Gasteiger partial charge in [-0.15, -0.1) is 0 Å². The number of halogens is 2. The summed E-state index contributed by atoms with van der Waals surface area (Å²) in [6.07, 6.45) is 0.480. The Morgan fingerprint density at radius 2 is 2.10 bits per heavy atom. The third-order valence-corrected chi connectivity index (χ3v) is 4.27. The summed E-state index contributed by atoms with van der Waals surface area (Å²) in [6, 6.07) is 10.4. The molecule has 2 aromatic carbocycles. The number of likely N-dealkylation sites (N-methyl/N-ethyl adjacent to an activating group) is 1. The predicted octanol–water partition coefficient (Wildman–Crippen LogP) is 3.75. The highest BCUT2D eigenvalue weighted by Gasteiger charge is 2.18. The van der Waals surface area contributed by atoms with Crippen molar-refractivity contribution in [2.75, 3.05) is 18.5 Å². The number of hydrogen-bond acceptors (Lipinski definition) is 2. The second-order valence-electron chi connectivity index (χ2n) is 5.52. The van der Waals surface area contributed by atoms with Crippen LogP contribution in [0.25, 0.3) is 0 Å². The monoisotopic (exact) mass is 305 g/mol. The van der Waals surface area contributed by atoms with E-state index in [4.69, 9.17) is 11.6 Å². The average Bonchev–Trinajstić information content (AvgIpc) is 2.84. The first-order valence-electron chi connectivity index (χ1n) is 7.00. The molecule has 110 valence electrons. The van der Waals surface area contributed by atoms with Crippen molar-refractivity contribution in [3.8, 4) is 0 Å². The van der Waals surface area contributed by atoms with Crippen molar-refractivity contribution in [1.82, 2.24) is 0 Å². The van der Waals surface area contributed by atoms with E-state index >= 15 is 0 Å². The van der Waals surface area contributed by atoms with Gasteiger partial charge in [-0.2, -0.15) is 0 Å². The molecule has 1 heterocycles. The maximum Gasteiger partial charge on any atom is 0.126 e. The Morgan fingerprint density at radius 1 is 1.29 bits per heavy atom. The number of aliphatic hydroxyl groups excluding tert-OH is 1. The highest BCUT2D eigenvalue weighted by atomic mass is 35.5. The largest absolute Gasteiger partial charge is 0.388 e.